The average molecular weight is 436 g/mol. The lowest BCUT2D eigenvalue weighted by atomic mass is 10.3. The molecule has 1 aromatic heterocycles. The van der Waals surface area contributed by atoms with E-state index in [0.717, 1.165) is 4.47 Å². The molecule has 7 heteroatoms. The minimum atomic E-state index is 0.136. The van der Waals surface area contributed by atoms with E-state index in [4.69, 9.17) is 14.2 Å². The van der Waals surface area contributed by atoms with Crippen molar-refractivity contribution in [2.75, 3.05) is 0 Å². The largest absolute Gasteiger partial charge is 0.446 e. The topological polar surface area (TPSA) is 66.4 Å². The standard InChI is InChI=1S/C21H14BrN3O3/c22-17-13-7-8-14-18(17)28-21-19(26-15-9-3-1-4-10-15)20(23-25-24-21)27-16-11-5-2-6-12-16/h1-14H. The van der Waals surface area contributed by atoms with Crippen molar-refractivity contribution < 1.29 is 14.2 Å². The monoisotopic (exact) mass is 435 g/mol. The second-order valence-electron chi connectivity index (χ2n) is 5.59. The quantitative estimate of drug-likeness (QED) is 0.369. The Bertz CT molecular complexity index is 1060. The number of benzene rings is 3. The van der Waals surface area contributed by atoms with Gasteiger partial charge in [-0.15, -0.1) is 0 Å². The minimum absolute atomic E-state index is 0.136. The molecule has 0 spiro atoms. The van der Waals surface area contributed by atoms with Gasteiger partial charge in [-0.05, 0) is 57.5 Å². The summed E-state index contributed by atoms with van der Waals surface area (Å²) in [6.45, 7) is 0. The molecule has 0 aliphatic rings. The number of aromatic nitrogens is 3. The molecule has 0 atom stereocenters. The Morgan fingerprint density at radius 3 is 1.75 bits per heavy atom. The van der Waals surface area contributed by atoms with E-state index in [1.165, 1.54) is 0 Å². The molecule has 0 radical (unpaired) electrons. The van der Waals surface area contributed by atoms with Crippen LogP contribution in [0.4, 0.5) is 0 Å². The minimum Gasteiger partial charge on any atom is -0.446 e. The summed E-state index contributed by atoms with van der Waals surface area (Å²) in [6.07, 6.45) is 0. The van der Waals surface area contributed by atoms with Gasteiger partial charge in [-0.25, -0.2) is 0 Å². The number of halogens is 1. The van der Waals surface area contributed by atoms with Gasteiger partial charge in [-0.1, -0.05) is 58.7 Å². The molecular formula is C21H14BrN3O3. The van der Waals surface area contributed by atoms with Gasteiger partial charge in [-0.3, -0.25) is 0 Å². The molecule has 0 bridgehead atoms. The smallest absolute Gasteiger partial charge is 0.290 e. The summed E-state index contributed by atoms with van der Waals surface area (Å²) >= 11 is 3.46. The molecule has 0 N–H and O–H groups in total. The fraction of sp³-hybridized carbons (Fsp3) is 0. The summed E-state index contributed by atoms with van der Waals surface area (Å²) < 4.78 is 18.5. The lowest BCUT2D eigenvalue weighted by Gasteiger charge is -2.14. The summed E-state index contributed by atoms with van der Waals surface area (Å²) in [5.74, 6) is 2.25. The van der Waals surface area contributed by atoms with Gasteiger partial charge < -0.3 is 14.2 Å². The molecule has 138 valence electrons. The first-order valence-corrected chi connectivity index (χ1v) is 9.20. The van der Waals surface area contributed by atoms with Crippen molar-refractivity contribution in [1.82, 2.24) is 15.4 Å². The highest BCUT2D eigenvalue weighted by molar-refractivity contribution is 9.10. The summed E-state index contributed by atoms with van der Waals surface area (Å²) in [6, 6.07) is 25.9. The van der Waals surface area contributed by atoms with E-state index in [1.807, 2.05) is 78.9 Å². The van der Waals surface area contributed by atoms with Crippen LogP contribution < -0.4 is 14.2 Å². The van der Waals surface area contributed by atoms with Crippen molar-refractivity contribution in [2.24, 2.45) is 0 Å². The van der Waals surface area contributed by atoms with Gasteiger partial charge in [0.25, 0.3) is 17.5 Å². The van der Waals surface area contributed by atoms with Crippen LogP contribution in [0.3, 0.4) is 0 Å². The van der Waals surface area contributed by atoms with Crippen molar-refractivity contribution in [3.63, 3.8) is 0 Å². The van der Waals surface area contributed by atoms with Gasteiger partial charge in [-0.2, -0.15) is 0 Å². The SMILES string of the molecule is Brc1ccccc1Oc1nnnc(Oc2ccccc2)c1Oc1ccccc1. The molecule has 1 heterocycles. The maximum absolute atomic E-state index is 5.99. The number of rotatable bonds is 6. The molecule has 0 unspecified atom stereocenters. The fourth-order valence-corrected chi connectivity index (χ4v) is 2.71. The predicted molar refractivity (Wildman–Crippen MR) is 107 cm³/mol. The third-order valence-electron chi connectivity index (χ3n) is 3.62. The fourth-order valence-electron chi connectivity index (χ4n) is 2.34. The van der Waals surface area contributed by atoms with Crippen molar-refractivity contribution in [1.29, 1.82) is 0 Å². The van der Waals surface area contributed by atoms with Gasteiger partial charge >= 0.3 is 0 Å². The molecule has 0 aliphatic heterocycles. The Balaban J connectivity index is 1.74. The van der Waals surface area contributed by atoms with Crippen LogP contribution >= 0.6 is 15.9 Å². The molecule has 4 aromatic rings. The van der Waals surface area contributed by atoms with E-state index < -0.39 is 0 Å². The maximum Gasteiger partial charge on any atom is 0.290 e. The van der Waals surface area contributed by atoms with Crippen LogP contribution in [0.2, 0.25) is 0 Å². The summed E-state index contributed by atoms with van der Waals surface area (Å²) in [5, 5.41) is 11.8. The second kappa shape index (κ2) is 8.49. The third kappa shape index (κ3) is 4.27. The van der Waals surface area contributed by atoms with Crippen molar-refractivity contribution in [3.05, 3.63) is 89.4 Å². The molecule has 4 rings (SSSR count). The Hall–Kier alpha value is -3.45. The Morgan fingerprint density at radius 1 is 0.571 bits per heavy atom. The van der Waals surface area contributed by atoms with Crippen LogP contribution in [0.25, 0.3) is 0 Å². The highest BCUT2D eigenvalue weighted by Crippen LogP contribution is 2.41. The lowest BCUT2D eigenvalue weighted by molar-refractivity contribution is 0.353. The Kier molecular flexibility index (Phi) is 5.44. The molecule has 0 aliphatic carbocycles. The highest BCUT2D eigenvalue weighted by Gasteiger charge is 2.20. The molecule has 28 heavy (non-hydrogen) atoms. The van der Waals surface area contributed by atoms with E-state index in [2.05, 4.69) is 31.3 Å². The van der Waals surface area contributed by atoms with E-state index in [-0.39, 0.29) is 17.5 Å². The van der Waals surface area contributed by atoms with E-state index >= 15 is 0 Å². The zero-order valence-corrected chi connectivity index (χ0v) is 16.1. The molecule has 0 fully saturated rings. The van der Waals surface area contributed by atoms with Crippen molar-refractivity contribution in [3.8, 4) is 34.8 Å². The highest BCUT2D eigenvalue weighted by atomic mass is 79.9. The van der Waals surface area contributed by atoms with E-state index in [1.54, 1.807) is 6.07 Å². The van der Waals surface area contributed by atoms with Gasteiger partial charge in [0.2, 0.25) is 0 Å². The number of para-hydroxylation sites is 3. The Labute approximate surface area is 169 Å². The number of nitrogens with zero attached hydrogens (tertiary/aromatic N) is 3. The summed E-state index contributed by atoms with van der Waals surface area (Å²) in [7, 11) is 0. The van der Waals surface area contributed by atoms with Gasteiger partial charge in [0, 0.05) is 0 Å². The molecule has 0 saturated carbocycles. The van der Waals surface area contributed by atoms with Crippen LogP contribution in [0, 0.1) is 0 Å². The maximum atomic E-state index is 5.99. The molecule has 3 aromatic carbocycles. The first kappa shape index (κ1) is 17.9. The molecule has 6 nitrogen and oxygen atoms in total. The van der Waals surface area contributed by atoms with Crippen molar-refractivity contribution in [2.45, 2.75) is 0 Å². The van der Waals surface area contributed by atoms with Crippen LogP contribution in [-0.4, -0.2) is 15.4 Å². The Morgan fingerprint density at radius 2 is 1.11 bits per heavy atom. The van der Waals surface area contributed by atoms with E-state index in [0.29, 0.717) is 17.2 Å². The van der Waals surface area contributed by atoms with Gasteiger partial charge in [0.05, 0.1) is 4.47 Å². The van der Waals surface area contributed by atoms with Crippen LogP contribution in [0.1, 0.15) is 0 Å². The third-order valence-corrected chi connectivity index (χ3v) is 4.28. The summed E-state index contributed by atoms with van der Waals surface area (Å²) in [4.78, 5) is 0. The zero-order chi connectivity index (χ0) is 19.2. The van der Waals surface area contributed by atoms with Crippen LogP contribution in [0.15, 0.2) is 89.4 Å². The zero-order valence-electron chi connectivity index (χ0n) is 14.5. The second-order valence-corrected chi connectivity index (χ2v) is 6.45. The van der Waals surface area contributed by atoms with E-state index in [9.17, 15) is 0 Å². The number of hydrogen-bond donors (Lipinski definition) is 0. The van der Waals surface area contributed by atoms with Crippen LogP contribution in [-0.2, 0) is 0 Å². The number of hydrogen-bond acceptors (Lipinski definition) is 6. The molecular weight excluding hydrogens is 422 g/mol. The van der Waals surface area contributed by atoms with Crippen LogP contribution in [0.5, 0.6) is 34.8 Å². The first-order chi connectivity index (χ1) is 13.8. The average Bonchev–Trinajstić information content (AvgIpc) is 2.73. The van der Waals surface area contributed by atoms with Gasteiger partial charge in [0.15, 0.2) is 0 Å². The van der Waals surface area contributed by atoms with Gasteiger partial charge in [0.1, 0.15) is 17.2 Å². The first-order valence-electron chi connectivity index (χ1n) is 8.41. The normalized spacial score (nSPS) is 10.3. The molecule has 0 amide bonds. The predicted octanol–water partition coefficient (Wildman–Crippen LogP) is 6.01. The lowest BCUT2D eigenvalue weighted by Crippen LogP contribution is -2.01. The summed E-state index contributed by atoms with van der Waals surface area (Å²) in [5.41, 5.74) is 0. The molecule has 0 saturated heterocycles. The van der Waals surface area contributed by atoms with Crippen molar-refractivity contribution >= 4 is 15.9 Å². The number of ether oxygens (including phenoxy) is 3.